The Hall–Kier alpha value is -5.34. The van der Waals surface area contributed by atoms with Gasteiger partial charge < -0.3 is 20.6 Å². The van der Waals surface area contributed by atoms with E-state index in [1.54, 1.807) is 66.7 Å². The van der Waals surface area contributed by atoms with E-state index >= 15 is 0 Å². The molecule has 0 aliphatic heterocycles. The second kappa shape index (κ2) is 17.7. The van der Waals surface area contributed by atoms with Crippen LogP contribution in [0.1, 0.15) is 10.4 Å². The molecule has 22 heteroatoms. The molecule has 1 aromatic heterocycles. The molecule has 1 heterocycles. The van der Waals surface area contributed by atoms with Crippen LogP contribution in [-0.4, -0.2) is 57.1 Å². The Morgan fingerprint density at radius 2 is 1.82 bits per heavy atom. The van der Waals surface area contributed by atoms with Crippen molar-refractivity contribution in [3.8, 4) is 11.4 Å². The molecule has 0 saturated carbocycles. The summed E-state index contributed by atoms with van der Waals surface area (Å²) in [6.07, 6.45) is 2.93. The first kappa shape index (κ1) is 36.5. The quantitative estimate of drug-likeness (QED) is 0.0158. The molecule has 0 spiro atoms. The predicted octanol–water partition coefficient (Wildman–Crippen LogP) is 5.42. The van der Waals surface area contributed by atoms with E-state index < -0.39 is 22.3 Å². The minimum atomic E-state index is -4.78. The highest BCUT2D eigenvalue weighted by Gasteiger charge is 2.11. The Kier molecular flexibility index (Phi) is 13.2. The van der Waals surface area contributed by atoms with E-state index in [-0.39, 0.29) is 22.1 Å². The molecule has 6 N–H and O–H groups in total. The fraction of sp³-hybridized carbons (Fsp3) is 0.0370. The number of aromatic nitrogens is 3. The Morgan fingerprint density at radius 1 is 1.02 bits per heavy atom. The fourth-order valence-corrected chi connectivity index (χ4v) is 4.78. The van der Waals surface area contributed by atoms with E-state index in [1.165, 1.54) is 0 Å². The van der Waals surface area contributed by atoms with E-state index in [9.17, 15) is 18.0 Å². The average molecular weight is 746 g/mol. The highest BCUT2D eigenvalue weighted by molar-refractivity contribution is 8.04. The first-order valence-electron chi connectivity index (χ1n) is 13.0. The molecule has 3 aromatic carbocycles. The van der Waals surface area contributed by atoms with E-state index in [1.807, 2.05) is 6.11 Å². The van der Waals surface area contributed by atoms with Gasteiger partial charge in [-0.1, -0.05) is 17.8 Å². The molecular formula is C27H20ClN9O9S3. The van der Waals surface area contributed by atoms with Gasteiger partial charge in [0.2, 0.25) is 17.6 Å². The second-order valence-electron chi connectivity index (χ2n) is 8.71. The van der Waals surface area contributed by atoms with Crippen LogP contribution in [0.2, 0.25) is 5.28 Å². The van der Waals surface area contributed by atoms with Crippen LogP contribution in [0.15, 0.2) is 92.0 Å². The van der Waals surface area contributed by atoms with Gasteiger partial charge in [0, 0.05) is 27.1 Å². The van der Waals surface area contributed by atoms with Crippen molar-refractivity contribution >= 4 is 98.2 Å². The van der Waals surface area contributed by atoms with Crippen LogP contribution in [0.5, 0.6) is 0 Å². The zero-order chi connectivity index (χ0) is 35.2. The molecule has 0 atom stereocenters. The molecule has 0 aliphatic carbocycles. The maximum absolute atomic E-state index is 12.8. The summed E-state index contributed by atoms with van der Waals surface area (Å²) in [5, 5.41) is 25.4. The molecule has 4 rings (SSSR count). The lowest BCUT2D eigenvalue weighted by molar-refractivity contribution is -0.135. The van der Waals surface area contributed by atoms with Gasteiger partial charge in [-0.2, -0.15) is 34.4 Å². The maximum atomic E-state index is 12.8. The molecule has 0 aliphatic rings. The third-order valence-corrected chi connectivity index (χ3v) is 7.18. The number of benzene rings is 3. The summed E-state index contributed by atoms with van der Waals surface area (Å²) in [7, 11) is -4.78. The van der Waals surface area contributed by atoms with Gasteiger partial charge in [0.25, 0.3) is 5.91 Å². The van der Waals surface area contributed by atoms with Crippen LogP contribution in [0.25, 0.3) is 0 Å². The van der Waals surface area contributed by atoms with Crippen molar-refractivity contribution in [2.45, 2.75) is 10.1 Å². The molecule has 252 valence electrons. The monoisotopic (exact) mass is 745 g/mol. The van der Waals surface area contributed by atoms with E-state index in [2.05, 4.69) is 60.1 Å². The third-order valence-electron chi connectivity index (χ3n) is 5.26. The summed E-state index contributed by atoms with van der Waals surface area (Å²) >= 11 is 7.79. The highest BCUT2D eigenvalue weighted by Crippen LogP contribution is 2.33. The largest absolute Gasteiger partial charge is 0.481 e. The second-order valence-corrected chi connectivity index (χ2v) is 11.9. The lowest BCUT2D eigenvalue weighted by atomic mass is 10.2. The van der Waals surface area contributed by atoms with Crippen LogP contribution in [0.3, 0.4) is 0 Å². The van der Waals surface area contributed by atoms with Gasteiger partial charge in [0.1, 0.15) is 5.69 Å². The zero-order valence-corrected chi connectivity index (χ0v) is 27.5. The number of hydrogen-bond acceptors (Lipinski definition) is 17. The number of aliphatic imine (C=N–C) groups is 1. The number of aliphatic carboxylic acids is 1. The topological polar surface area (TPSA) is 262 Å². The molecule has 1 amide bonds. The van der Waals surface area contributed by atoms with Crippen LogP contribution in [0, 0.1) is 11.4 Å². The highest BCUT2D eigenvalue weighted by atomic mass is 35.5. The lowest BCUT2D eigenvalue weighted by Gasteiger charge is -2.08. The van der Waals surface area contributed by atoms with Gasteiger partial charge in [-0.25, -0.2) is 4.99 Å². The smallest absolute Gasteiger partial charge is 0.433 e. The number of amides is 1. The molecule has 49 heavy (non-hydrogen) atoms. The van der Waals surface area contributed by atoms with Crippen LogP contribution >= 0.6 is 35.1 Å². The number of hydrogen-bond donors (Lipinski definition) is 5. The Labute approximate surface area is 290 Å². The molecule has 0 radical (unpaired) electrons. The van der Waals surface area contributed by atoms with Crippen molar-refractivity contribution < 1.29 is 41.7 Å². The Balaban J connectivity index is 1.40. The normalized spacial score (nSPS) is 11.2. The summed E-state index contributed by atoms with van der Waals surface area (Å²) in [4.78, 5) is 48.9. The number of nitrogens with one attached hydrogen (secondary N) is 2. The van der Waals surface area contributed by atoms with Gasteiger partial charge in [-0.15, -0.1) is 5.11 Å². The molecule has 4 aromatic rings. The number of halogens is 1. The summed E-state index contributed by atoms with van der Waals surface area (Å²) in [6, 6.07) is 17.7. The first-order chi connectivity index (χ1) is 23.5. The summed E-state index contributed by atoms with van der Waals surface area (Å²) < 4.78 is 32.9. The van der Waals surface area contributed by atoms with Gasteiger partial charge in [0.15, 0.2) is 11.3 Å². The number of azo groups is 1. The summed E-state index contributed by atoms with van der Waals surface area (Å²) in [6.45, 7) is 0. The fourth-order valence-electron chi connectivity index (χ4n) is 3.37. The number of nitrogens with two attached hydrogens (primary N) is 1. The number of carbonyl (C=O) groups is 2. The minimum Gasteiger partial charge on any atom is -0.481 e. The van der Waals surface area contributed by atoms with Gasteiger partial charge in [-0.05, 0) is 88.4 Å². The van der Waals surface area contributed by atoms with Crippen LogP contribution in [-0.2, 0) is 29.3 Å². The zero-order valence-electron chi connectivity index (χ0n) is 24.3. The van der Waals surface area contributed by atoms with Crippen molar-refractivity contribution in [3.05, 3.63) is 77.6 Å². The van der Waals surface area contributed by atoms with Crippen molar-refractivity contribution in [2.75, 3.05) is 16.4 Å². The average Bonchev–Trinajstić information content (AvgIpc) is 3.05. The molecule has 18 nitrogen and oxygen atoms in total. The molecule has 0 unspecified atom stereocenters. The van der Waals surface area contributed by atoms with E-state index in [4.69, 9.17) is 27.2 Å². The Bertz CT molecular complexity index is 2060. The van der Waals surface area contributed by atoms with Gasteiger partial charge in [0.05, 0.1) is 17.1 Å². The minimum absolute atomic E-state index is 0.0643. The maximum Gasteiger partial charge on any atom is 0.433 e. The predicted molar refractivity (Wildman–Crippen MR) is 179 cm³/mol. The lowest BCUT2D eigenvalue weighted by Crippen LogP contribution is -2.11. The van der Waals surface area contributed by atoms with Gasteiger partial charge >= 0.3 is 16.4 Å². The van der Waals surface area contributed by atoms with E-state index in [0.29, 0.717) is 38.9 Å². The molecule has 0 bridgehead atoms. The van der Waals surface area contributed by atoms with Crippen molar-refractivity contribution in [3.63, 3.8) is 0 Å². The van der Waals surface area contributed by atoms with Crippen molar-refractivity contribution in [1.82, 2.24) is 15.0 Å². The summed E-state index contributed by atoms with van der Waals surface area (Å²) in [5.74, 6) is 3.45. The van der Waals surface area contributed by atoms with Gasteiger partial charge in [-0.3, -0.25) is 19.0 Å². The number of carboxylic acid groups (broad SMARTS) is 1. The Morgan fingerprint density at radius 3 is 2.55 bits per heavy atom. The van der Waals surface area contributed by atoms with Crippen molar-refractivity contribution in [1.29, 1.82) is 0 Å². The molecule has 0 saturated heterocycles. The number of nitrogens with zero attached hydrogens (tertiary/aromatic N) is 6. The number of anilines is 3. The number of carbonyl (C=O) groups excluding carboxylic acids is 1. The number of thioether (sulfide) groups is 2. The SMILES string of the molecule is NOC=Nc1cc(Nc2nc(Cl)nc(SCC(=O)O)n2)ccc1N=Nc1ccc(C(=O)Nc2cccc(SC#COOS(=O)(=O)O)c2)cc1. The number of rotatable bonds is 14. The van der Waals surface area contributed by atoms with Crippen LogP contribution in [0.4, 0.5) is 34.4 Å². The third kappa shape index (κ3) is 12.7. The summed E-state index contributed by atoms with van der Waals surface area (Å²) in [5.41, 5.74) is 2.29. The standard InChI is InChI=1S/C27H20ClN9O9S3/c28-25-33-26(35-27(34-25)48-14-23(38)39)32-19-8-9-21(22(13-19)30-15-44-29)37-36-17-6-4-16(5-7-17)24(40)31-18-2-1-3-20(12-18)47-11-10-45-46-49(41,42)43/h1-9,12-13,15H,14,29H2,(H,31,40)(H,38,39)(H,41,42,43)(H,32,33,34,35). The molecular weight excluding hydrogens is 726 g/mol. The first-order valence-corrected chi connectivity index (χ1v) is 16.5. The van der Waals surface area contributed by atoms with Crippen LogP contribution < -0.4 is 16.5 Å². The number of carboxylic acids is 1. The van der Waals surface area contributed by atoms with Crippen molar-refractivity contribution in [2.24, 2.45) is 21.1 Å². The van der Waals surface area contributed by atoms with E-state index in [0.717, 1.165) is 29.9 Å². The molecule has 0 fully saturated rings.